The third kappa shape index (κ3) is 3.54. The van der Waals surface area contributed by atoms with Gasteiger partial charge < -0.3 is 14.0 Å². The molecule has 2 aromatic carbocycles. The van der Waals surface area contributed by atoms with Gasteiger partial charge in [0.25, 0.3) is 0 Å². The first-order chi connectivity index (χ1) is 12.1. The lowest BCUT2D eigenvalue weighted by molar-refractivity contribution is 0.0526. The minimum atomic E-state index is -0.335. The van der Waals surface area contributed by atoms with Crippen LogP contribution in [0, 0.1) is 0 Å². The molecular weight excluding hydrogens is 338 g/mol. The summed E-state index contributed by atoms with van der Waals surface area (Å²) in [5.74, 6) is 0.393. The summed E-state index contributed by atoms with van der Waals surface area (Å²) in [4.78, 5) is 12.0. The maximum Gasteiger partial charge on any atom is 0.338 e. The minimum absolute atomic E-state index is 0.335. The molecule has 0 unspecified atom stereocenters. The molecule has 1 heterocycles. The van der Waals surface area contributed by atoms with Gasteiger partial charge in [-0.25, -0.2) is 4.79 Å². The molecule has 5 heteroatoms. The second-order valence-corrected chi connectivity index (χ2v) is 5.82. The van der Waals surface area contributed by atoms with E-state index in [0.717, 1.165) is 22.7 Å². The van der Waals surface area contributed by atoms with Crippen molar-refractivity contribution < 1.29 is 14.3 Å². The predicted octanol–water partition coefficient (Wildman–Crippen LogP) is 4.98. The number of carbonyl (C=O) groups is 1. The topological polar surface area (TPSA) is 40.5 Å². The molecule has 0 N–H and O–H groups in total. The molecule has 3 aromatic rings. The summed E-state index contributed by atoms with van der Waals surface area (Å²) < 4.78 is 12.5. The van der Waals surface area contributed by atoms with Crippen molar-refractivity contribution in [1.82, 2.24) is 4.57 Å². The summed E-state index contributed by atoms with van der Waals surface area (Å²) in [6, 6.07) is 16.7. The van der Waals surface area contributed by atoms with Crippen molar-refractivity contribution in [3.63, 3.8) is 0 Å². The van der Waals surface area contributed by atoms with Gasteiger partial charge in [-0.15, -0.1) is 0 Å². The highest BCUT2D eigenvalue weighted by atomic mass is 35.5. The van der Waals surface area contributed by atoms with Gasteiger partial charge in [0.05, 0.1) is 25.0 Å². The molecule has 0 atom stereocenters. The Balaban J connectivity index is 2.08. The molecule has 128 valence electrons. The van der Waals surface area contributed by atoms with E-state index in [1.54, 1.807) is 32.2 Å². The third-order valence-electron chi connectivity index (χ3n) is 3.82. The number of carbonyl (C=O) groups excluding carboxylic acids is 1. The molecule has 0 saturated heterocycles. The summed E-state index contributed by atoms with van der Waals surface area (Å²) in [7, 11) is 1.63. The fraction of sp³-hybridized carbons (Fsp3) is 0.150. The van der Waals surface area contributed by atoms with E-state index in [0.29, 0.717) is 17.2 Å². The van der Waals surface area contributed by atoms with Gasteiger partial charge in [-0.2, -0.15) is 0 Å². The number of hydrogen-bond acceptors (Lipinski definition) is 3. The molecular formula is C20H18ClNO3. The number of esters is 1. The summed E-state index contributed by atoms with van der Waals surface area (Å²) in [5, 5.41) is 0.629. The Morgan fingerprint density at radius 1 is 1.12 bits per heavy atom. The molecule has 0 amide bonds. The van der Waals surface area contributed by atoms with Crippen LogP contribution >= 0.6 is 11.6 Å². The van der Waals surface area contributed by atoms with Crippen LogP contribution in [0.15, 0.2) is 60.8 Å². The normalized spacial score (nSPS) is 10.5. The number of ether oxygens (including phenoxy) is 2. The molecule has 25 heavy (non-hydrogen) atoms. The van der Waals surface area contributed by atoms with Crippen molar-refractivity contribution in [3.05, 3.63) is 71.4 Å². The standard InChI is InChI=1S/C20H18ClNO3/c1-3-25-20(23)14-6-4-7-16(12-14)22-11-5-8-18(22)17-13-15(21)9-10-19(17)24-2/h4-13H,3H2,1-2H3. The van der Waals surface area contributed by atoms with Gasteiger partial charge in [0.2, 0.25) is 0 Å². The summed E-state index contributed by atoms with van der Waals surface area (Å²) in [6.07, 6.45) is 1.93. The van der Waals surface area contributed by atoms with Crippen molar-refractivity contribution in [2.24, 2.45) is 0 Å². The first-order valence-corrected chi connectivity index (χ1v) is 8.30. The van der Waals surface area contributed by atoms with Crippen LogP contribution in [0.5, 0.6) is 5.75 Å². The Labute approximate surface area is 151 Å². The molecule has 0 radical (unpaired) electrons. The van der Waals surface area contributed by atoms with Crippen LogP contribution in [0.1, 0.15) is 17.3 Å². The summed E-state index contributed by atoms with van der Waals surface area (Å²) in [5.41, 5.74) is 3.16. The van der Waals surface area contributed by atoms with Crippen LogP contribution in [0.2, 0.25) is 5.02 Å². The summed E-state index contributed by atoms with van der Waals surface area (Å²) >= 11 is 6.16. The highest BCUT2D eigenvalue weighted by molar-refractivity contribution is 6.31. The number of halogens is 1. The van der Waals surface area contributed by atoms with Gasteiger partial charge in [0.1, 0.15) is 5.75 Å². The molecule has 0 spiro atoms. The van der Waals surface area contributed by atoms with Crippen LogP contribution < -0.4 is 4.74 Å². The van der Waals surface area contributed by atoms with Gasteiger partial charge >= 0.3 is 5.97 Å². The van der Waals surface area contributed by atoms with Crippen molar-refractivity contribution >= 4 is 17.6 Å². The number of aromatic nitrogens is 1. The SMILES string of the molecule is CCOC(=O)c1cccc(-n2cccc2-c2cc(Cl)ccc2OC)c1. The van der Waals surface area contributed by atoms with E-state index in [2.05, 4.69) is 0 Å². The number of methoxy groups -OCH3 is 1. The Hall–Kier alpha value is -2.72. The molecule has 0 bridgehead atoms. The Morgan fingerprint density at radius 2 is 1.96 bits per heavy atom. The largest absolute Gasteiger partial charge is 0.496 e. The number of benzene rings is 2. The zero-order valence-corrected chi connectivity index (χ0v) is 14.8. The van der Waals surface area contributed by atoms with Crippen LogP contribution in [0.3, 0.4) is 0 Å². The average molecular weight is 356 g/mol. The lowest BCUT2D eigenvalue weighted by Gasteiger charge is -2.14. The van der Waals surface area contributed by atoms with Crippen molar-refractivity contribution in [3.8, 4) is 22.7 Å². The van der Waals surface area contributed by atoms with Crippen LogP contribution in [-0.2, 0) is 4.74 Å². The smallest absolute Gasteiger partial charge is 0.338 e. The molecule has 3 rings (SSSR count). The van der Waals surface area contributed by atoms with E-state index in [1.165, 1.54) is 0 Å². The van der Waals surface area contributed by atoms with Crippen LogP contribution in [0.4, 0.5) is 0 Å². The average Bonchev–Trinajstić information content (AvgIpc) is 3.11. The van der Waals surface area contributed by atoms with Crippen LogP contribution in [0.25, 0.3) is 16.9 Å². The Kier molecular flexibility index (Phi) is 5.10. The highest BCUT2D eigenvalue weighted by Crippen LogP contribution is 2.34. The highest BCUT2D eigenvalue weighted by Gasteiger charge is 2.13. The molecule has 4 nitrogen and oxygen atoms in total. The number of rotatable bonds is 5. The van der Waals surface area contributed by atoms with Gasteiger partial charge in [0, 0.05) is 22.5 Å². The first kappa shape index (κ1) is 17.1. The number of nitrogens with zero attached hydrogens (tertiary/aromatic N) is 1. The Bertz CT molecular complexity index is 901. The van der Waals surface area contributed by atoms with Gasteiger partial charge in [0.15, 0.2) is 0 Å². The lowest BCUT2D eigenvalue weighted by Crippen LogP contribution is -2.05. The Morgan fingerprint density at radius 3 is 2.72 bits per heavy atom. The summed E-state index contributed by atoms with van der Waals surface area (Å²) in [6.45, 7) is 2.13. The minimum Gasteiger partial charge on any atom is -0.496 e. The second kappa shape index (κ2) is 7.45. The fourth-order valence-electron chi connectivity index (χ4n) is 2.70. The molecule has 0 aliphatic heterocycles. The zero-order chi connectivity index (χ0) is 17.8. The maximum absolute atomic E-state index is 12.0. The lowest BCUT2D eigenvalue weighted by atomic mass is 10.1. The maximum atomic E-state index is 12.0. The van der Waals surface area contributed by atoms with Crippen molar-refractivity contribution in [1.29, 1.82) is 0 Å². The van der Waals surface area contributed by atoms with E-state index >= 15 is 0 Å². The fourth-order valence-corrected chi connectivity index (χ4v) is 2.88. The molecule has 1 aromatic heterocycles. The van der Waals surface area contributed by atoms with Gasteiger partial charge in [-0.3, -0.25) is 0 Å². The molecule has 0 aliphatic rings. The van der Waals surface area contributed by atoms with Gasteiger partial charge in [-0.1, -0.05) is 17.7 Å². The van der Waals surface area contributed by atoms with E-state index in [1.807, 2.05) is 47.2 Å². The zero-order valence-electron chi connectivity index (χ0n) is 14.0. The van der Waals surface area contributed by atoms with E-state index in [-0.39, 0.29) is 5.97 Å². The van der Waals surface area contributed by atoms with E-state index in [4.69, 9.17) is 21.1 Å². The first-order valence-electron chi connectivity index (χ1n) is 7.93. The second-order valence-electron chi connectivity index (χ2n) is 5.38. The van der Waals surface area contributed by atoms with E-state index < -0.39 is 0 Å². The third-order valence-corrected chi connectivity index (χ3v) is 4.06. The van der Waals surface area contributed by atoms with E-state index in [9.17, 15) is 4.79 Å². The van der Waals surface area contributed by atoms with Gasteiger partial charge in [-0.05, 0) is 55.5 Å². The quantitative estimate of drug-likeness (QED) is 0.606. The van der Waals surface area contributed by atoms with Crippen LogP contribution in [-0.4, -0.2) is 24.3 Å². The number of hydrogen-bond donors (Lipinski definition) is 0. The predicted molar refractivity (Wildman–Crippen MR) is 98.7 cm³/mol. The molecule has 0 aliphatic carbocycles. The monoisotopic (exact) mass is 355 g/mol. The molecule has 0 saturated carbocycles. The molecule has 0 fully saturated rings. The van der Waals surface area contributed by atoms with Crippen molar-refractivity contribution in [2.75, 3.05) is 13.7 Å². The van der Waals surface area contributed by atoms with Crippen molar-refractivity contribution in [2.45, 2.75) is 6.92 Å².